The molecule has 2 aliphatic rings. The minimum absolute atomic E-state index is 0.361. The molecule has 0 spiro atoms. The highest BCUT2D eigenvalue weighted by Crippen LogP contribution is 2.44. The third kappa shape index (κ3) is 3.38. The highest BCUT2D eigenvalue weighted by Gasteiger charge is 2.26. The first-order valence-corrected chi connectivity index (χ1v) is 10.6. The molecule has 1 heteroatoms. The second kappa shape index (κ2) is 7.78. The summed E-state index contributed by atoms with van der Waals surface area (Å²) in [6.07, 6.45) is 6.23. The molecule has 0 saturated carbocycles. The second-order valence-corrected chi connectivity index (χ2v) is 8.20. The number of nitrogens with zero attached hydrogens (tertiary/aromatic N) is 1. The zero-order chi connectivity index (χ0) is 20.5. The Bertz CT molecular complexity index is 1220. The Morgan fingerprint density at radius 3 is 2.37 bits per heavy atom. The van der Waals surface area contributed by atoms with Crippen LogP contribution in [0.2, 0.25) is 0 Å². The van der Waals surface area contributed by atoms with Crippen LogP contribution in [-0.4, -0.2) is 5.71 Å². The lowest BCUT2D eigenvalue weighted by Crippen LogP contribution is -2.13. The third-order valence-electron chi connectivity index (χ3n) is 6.07. The van der Waals surface area contributed by atoms with Crippen molar-refractivity contribution in [1.82, 2.24) is 0 Å². The van der Waals surface area contributed by atoms with Crippen molar-refractivity contribution in [2.24, 2.45) is 4.99 Å². The molecular weight excluding hydrogens is 362 g/mol. The number of allylic oxidation sites excluding steroid dienone is 2. The van der Waals surface area contributed by atoms with Crippen LogP contribution >= 0.6 is 0 Å². The predicted molar refractivity (Wildman–Crippen MR) is 127 cm³/mol. The number of benzene rings is 3. The van der Waals surface area contributed by atoms with E-state index in [0.717, 1.165) is 24.1 Å². The molecule has 0 N–H and O–H groups in total. The van der Waals surface area contributed by atoms with E-state index in [1.165, 1.54) is 39.1 Å². The maximum atomic E-state index is 5.09. The Balaban J connectivity index is 1.74. The summed E-state index contributed by atoms with van der Waals surface area (Å²) < 4.78 is 0. The quantitative estimate of drug-likeness (QED) is 0.406. The van der Waals surface area contributed by atoms with Crippen molar-refractivity contribution >= 4 is 17.0 Å². The smallest absolute Gasteiger partial charge is 0.0708 e. The van der Waals surface area contributed by atoms with Gasteiger partial charge < -0.3 is 0 Å². The Morgan fingerprint density at radius 2 is 1.60 bits per heavy atom. The van der Waals surface area contributed by atoms with Gasteiger partial charge in [0.25, 0.3) is 0 Å². The van der Waals surface area contributed by atoms with Gasteiger partial charge in [-0.15, -0.1) is 5.73 Å². The van der Waals surface area contributed by atoms with Gasteiger partial charge in [-0.1, -0.05) is 72.8 Å². The van der Waals surface area contributed by atoms with Crippen LogP contribution in [0.15, 0.2) is 101 Å². The molecule has 0 radical (unpaired) electrons. The van der Waals surface area contributed by atoms with Gasteiger partial charge in [0.15, 0.2) is 0 Å². The van der Waals surface area contributed by atoms with E-state index < -0.39 is 0 Å². The molecule has 0 aromatic heterocycles. The lowest BCUT2D eigenvalue weighted by molar-refractivity contribution is 0.833. The maximum Gasteiger partial charge on any atom is 0.0708 e. The summed E-state index contributed by atoms with van der Waals surface area (Å²) in [7, 11) is 0. The molecule has 3 aromatic rings. The molecule has 0 fully saturated rings. The second-order valence-electron chi connectivity index (χ2n) is 8.20. The van der Waals surface area contributed by atoms with Crippen LogP contribution in [0.5, 0.6) is 0 Å². The van der Waals surface area contributed by atoms with E-state index in [0.29, 0.717) is 5.92 Å². The lowest BCUT2D eigenvalue weighted by atomic mass is 9.80. The molecule has 1 unspecified atom stereocenters. The van der Waals surface area contributed by atoms with E-state index in [9.17, 15) is 0 Å². The molecule has 146 valence electrons. The molecular formula is C29H25N. The molecule has 5 rings (SSSR count). The van der Waals surface area contributed by atoms with Gasteiger partial charge in [-0.2, -0.15) is 0 Å². The predicted octanol–water partition coefficient (Wildman–Crippen LogP) is 7.40. The number of hydrogen-bond acceptors (Lipinski definition) is 1. The average Bonchev–Trinajstić information content (AvgIpc) is 2.77. The summed E-state index contributed by atoms with van der Waals surface area (Å²) in [5.74, 6) is 0.361. The first-order valence-electron chi connectivity index (χ1n) is 10.6. The van der Waals surface area contributed by atoms with Crippen molar-refractivity contribution < 1.29 is 0 Å². The van der Waals surface area contributed by atoms with Crippen LogP contribution in [-0.2, 0) is 6.42 Å². The van der Waals surface area contributed by atoms with E-state index in [4.69, 9.17) is 4.99 Å². The van der Waals surface area contributed by atoms with Gasteiger partial charge in [0.05, 0.1) is 5.69 Å². The van der Waals surface area contributed by atoms with Crippen molar-refractivity contribution in [1.29, 1.82) is 0 Å². The van der Waals surface area contributed by atoms with Gasteiger partial charge in [0.2, 0.25) is 0 Å². The monoisotopic (exact) mass is 387 g/mol. The van der Waals surface area contributed by atoms with Crippen LogP contribution < -0.4 is 0 Å². The third-order valence-corrected chi connectivity index (χ3v) is 6.07. The Labute approximate surface area is 178 Å². The fourth-order valence-electron chi connectivity index (χ4n) is 4.66. The minimum Gasteiger partial charge on any atom is -0.257 e. The molecule has 1 aliphatic carbocycles. The molecule has 3 aromatic carbocycles. The van der Waals surface area contributed by atoms with Gasteiger partial charge >= 0.3 is 0 Å². The van der Waals surface area contributed by atoms with E-state index in [-0.39, 0.29) is 0 Å². The average molecular weight is 388 g/mol. The fraction of sp³-hybridized carbons (Fsp3) is 0.172. The molecule has 0 saturated heterocycles. The van der Waals surface area contributed by atoms with Gasteiger partial charge in [-0.05, 0) is 71.4 Å². The van der Waals surface area contributed by atoms with Crippen LogP contribution in [0.3, 0.4) is 0 Å². The summed E-state index contributed by atoms with van der Waals surface area (Å²) in [6.45, 7) is 4.28. The summed E-state index contributed by atoms with van der Waals surface area (Å²) in [4.78, 5) is 5.09. The Kier molecular flexibility index (Phi) is 4.83. The number of aliphatic imine (C=N–C) groups is 1. The molecule has 30 heavy (non-hydrogen) atoms. The first kappa shape index (κ1) is 18.6. The summed E-state index contributed by atoms with van der Waals surface area (Å²) in [5, 5.41) is 0. The van der Waals surface area contributed by atoms with Gasteiger partial charge in [-0.3, -0.25) is 4.99 Å². The maximum absolute atomic E-state index is 5.09. The summed E-state index contributed by atoms with van der Waals surface area (Å²) >= 11 is 0. The van der Waals surface area contributed by atoms with Crippen LogP contribution in [0.25, 0.3) is 5.57 Å². The van der Waals surface area contributed by atoms with E-state index >= 15 is 0 Å². The van der Waals surface area contributed by atoms with Gasteiger partial charge in [0.1, 0.15) is 0 Å². The zero-order valence-corrected chi connectivity index (χ0v) is 17.5. The first-order chi connectivity index (χ1) is 14.7. The van der Waals surface area contributed by atoms with Crippen molar-refractivity contribution in [2.75, 3.05) is 0 Å². The topological polar surface area (TPSA) is 12.4 Å². The molecule has 1 heterocycles. The van der Waals surface area contributed by atoms with Crippen molar-refractivity contribution in [3.63, 3.8) is 0 Å². The van der Waals surface area contributed by atoms with E-state index in [1.807, 2.05) is 0 Å². The van der Waals surface area contributed by atoms with Crippen molar-refractivity contribution in [3.8, 4) is 0 Å². The van der Waals surface area contributed by atoms with Crippen LogP contribution in [0.4, 0.5) is 5.69 Å². The Hall–Kier alpha value is -3.41. The van der Waals surface area contributed by atoms with Crippen LogP contribution in [0.1, 0.15) is 54.0 Å². The molecule has 1 atom stereocenters. The largest absolute Gasteiger partial charge is 0.257 e. The molecule has 1 aliphatic heterocycles. The normalized spacial score (nSPS) is 19.4. The van der Waals surface area contributed by atoms with Crippen molar-refractivity contribution in [3.05, 3.63) is 124 Å². The van der Waals surface area contributed by atoms with E-state index in [1.54, 1.807) is 0 Å². The van der Waals surface area contributed by atoms with Gasteiger partial charge in [0, 0.05) is 18.1 Å². The highest BCUT2D eigenvalue weighted by atomic mass is 14.8. The van der Waals surface area contributed by atoms with E-state index in [2.05, 4.69) is 105 Å². The van der Waals surface area contributed by atoms with Gasteiger partial charge in [-0.25, -0.2) is 0 Å². The number of hydrogen-bond donors (Lipinski definition) is 0. The van der Waals surface area contributed by atoms with Crippen molar-refractivity contribution in [2.45, 2.75) is 32.6 Å². The SMILES string of the molecule is CC1=C=CCc2c(ccc3c2N=C(C)CC3c2ccccc2)/C(c2ccccc2)=C\1. The standard InChI is InChI=1S/C29H25N/c1-20-10-9-15-25-24(27(18-20)22-11-5-3-6-12-22)16-17-26-28(19-21(2)30-29(25)26)23-13-7-4-8-14-23/h3-9,11-14,16-18,28H,15,19H2,1-2H3/b27-18-. The zero-order valence-electron chi connectivity index (χ0n) is 17.5. The molecule has 1 nitrogen and oxygen atoms in total. The number of rotatable bonds is 2. The fourth-order valence-corrected chi connectivity index (χ4v) is 4.66. The highest BCUT2D eigenvalue weighted by molar-refractivity contribution is 5.92. The number of fused-ring (bicyclic) bond motifs is 3. The minimum atomic E-state index is 0.361. The Morgan fingerprint density at radius 1 is 0.867 bits per heavy atom. The summed E-state index contributed by atoms with van der Waals surface area (Å²) in [6, 6.07) is 26.1. The molecule has 0 amide bonds. The summed E-state index contributed by atoms with van der Waals surface area (Å²) in [5.41, 5.74) is 14.7. The van der Waals surface area contributed by atoms with Crippen LogP contribution in [0, 0.1) is 0 Å². The lowest BCUT2D eigenvalue weighted by Gasteiger charge is -2.28. The molecule has 0 bridgehead atoms.